The standard InChI is InChI=1S/C15H23N3O2S/c1-12(21-14-4-2-13(16)3-5-14)15(19)17-6-7-18-8-10-20-11-9-18/h2-5,12H,6-11,16H2,1H3,(H,17,19). The second kappa shape index (κ2) is 8.26. The summed E-state index contributed by atoms with van der Waals surface area (Å²) in [4.78, 5) is 15.4. The maximum Gasteiger partial charge on any atom is 0.233 e. The van der Waals surface area contributed by atoms with Crippen LogP contribution in [0.5, 0.6) is 0 Å². The van der Waals surface area contributed by atoms with Crippen LogP contribution in [0.25, 0.3) is 0 Å². The topological polar surface area (TPSA) is 67.6 Å². The van der Waals surface area contributed by atoms with Gasteiger partial charge in [0.05, 0.1) is 18.5 Å². The number of carbonyl (C=O) groups excluding carboxylic acids is 1. The van der Waals surface area contributed by atoms with Gasteiger partial charge in [0, 0.05) is 36.8 Å². The Morgan fingerprint density at radius 2 is 2.05 bits per heavy atom. The number of ether oxygens (including phenoxy) is 1. The minimum atomic E-state index is -0.113. The fourth-order valence-corrected chi connectivity index (χ4v) is 3.00. The molecule has 0 aromatic heterocycles. The molecule has 1 atom stereocenters. The third kappa shape index (κ3) is 5.57. The summed E-state index contributed by atoms with van der Waals surface area (Å²) in [6.45, 7) is 6.97. The van der Waals surface area contributed by atoms with Gasteiger partial charge in [0.15, 0.2) is 0 Å². The van der Waals surface area contributed by atoms with E-state index in [0.29, 0.717) is 6.54 Å². The molecule has 1 fully saturated rings. The van der Waals surface area contributed by atoms with E-state index in [1.807, 2.05) is 31.2 Å². The minimum absolute atomic E-state index is 0.0742. The summed E-state index contributed by atoms with van der Waals surface area (Å²) < 4.78 is 5.30. The van der Waals surface area contributed by atoms with Crippen LogP contribution in [0.3, 0.4) is 0 Å². The van der Waals surface area contributed by atoms with Crippen LogP contribution < -0.4 is 11.1 Å². The molecule has 0 aliphatic carbocycles. The normalized spacial score (nSPS) is 17.4. The number of thioether (sulfide) groups is 1. The van der Waals surface area contributed by atoms with Crippen LogP contribution in [0.15, 0.2) is 29.2 Å². The van der Waals surface area contributed by atoms with E-state index in [1.165, 1.54) is 0 Å². The van der Waals surface area contributed by atoms with Gasteiger partial charge in [0.2, 0.25) is 5.91 Å². The number of rotatable bonds is 6. The molecule has 0 bridgehead atoms. The summed E-state index contributed by atoms with van der Waals surface area (Å²) in [7, 11) is 0. The molecule has 1 aliphatic heterocycles. The molecule has 6 heteroatoms. The van der Waals surface area contributed by atoms with Crippen molar-refractivity contribution in [1.29, 1.82) is 0 Å². The first-order valence-corrected chi connectivity index (χ1v) is 8.13. The lowest BCUT2D eigenvalue weighted by atomic mass is 10.3. The largest absolute Gasteiger partial charge is 0.399 e. The van der Waals surface area contributed by atoms with Crippen molar-refractivity contribution in [2.45, 2.75) is 17.1 Å². The molecule has 1 aliphatic rings. The van der Waals surface area contributed by atoms with Gasteiger partial charge in [-0.25, -0.2) is 0 Å². The molecule has 1 unspecified atom stereocenters. The van der Waals surface area contributed by atoms with E-state index in [4.69, 9.17) is 10.5 Å². The number of nitrogen functional groups attached to an aromatic ring is 1. The van der Waals surface area contributed by atoms with Gasteiger partial charge in [-0.1, -0.05) is 0 Å². The molecule has 0 radical (unpaired) electrons. The lowest BCUT2D eigenvalue weighted by Crippen LogP contribution is -2.42. The monoisotopic (exact) mass is 309 g/mol. The molecule has 116 valence electrons. The predicted octanol–water partition coefficient (Wildman–Crippen LogP) is 1.20. The maximum absolute atomic E-state index is 12.1. The van der Waals surface area contributed by atoms with Gasteiger partial charge < -0.3 is 15.8 Å². The summed E-state index contributed by atoms with van der Waals surface area (Å²) in [6.07, 6.45) is 0. The summed E-state index contributed by atoms with van der Waals surface area (Å²) in [5, 5.41) is 2.88. The predicted molar refractivity (Wildman–Crippen MR) is 86.4 cm³/mol. The van der Waals surface area contributed by atoms with Crippen molar-refractivity contribution in [2.24, 2.45) is 0 Å². The number of benzene rings is 1. The lowest BCUT2D eigenvalue weighted by molar-refractivity contribution is -0.120. The molecular weight excluding hydrogens is 286 g/mol. The van der Waals surface area contributed by atoms with Crippen LogP contribution in [0.4, 0.5) is 5.69 Å². The molecule has 1 saturated heterocycles. The Morgan fingerprint density at radius 3 is 2.71 bits per heavy atom. The molecule has 2 rings (SSSR count). The molecule has 1 heterocycles. The fourth-order valence-electron chi connectivity index (χ4n) is 2.11. The number of nitrogens with two attached hydrogens (primary N) is 1. The Labute approximate surface area is 130 Å². The molecule has 21 heavy (non-hydrogen) atoms. The number of carbonyl (C=O) groups is 1. The quantitative estimate of drug-likeness (QED) is 0.610. The molecule has 3 N–H and O–H groups in total. The van der Waals surface area contributed by atoms with Crippen LogP contribution in [-0.4, -0.2) is 55.4 Å². The van der Waals surface area contributed by atoms with E-state index >= 15 is 0 Å². The van der Waals surface area contributed by atoms with E-state index < -0.39 is 0 Å². The van der Waals surface area contributed by atoms with E-state index in [0.717, 1.165) is 43.4 Å². The number of morpholine rings is 1. The zero-order valence-electron chi connectivity index (χ0n) is 12.4. The maximum atomic E-state index is 12.1. The van der Waals surface area contributed by atoms with E-state index in [9.17, 15) is 4.79 Å². The molecule has 1 amide bonds. The van der Waals surface area contributed by atoms with Crippen molar-refractivity contribution in [3.05, 3.63) is 24.3 Å². The average molecular weight is 309 g/mol. The number of hydrogen-bond acceptors (Lipinski definition) is 5. The first-order valence-electron chi connectivity index (χ1n) is 7.25. The number of anilines is 1. The molecule has 0 spiro atoms. The molecular formula is C15H23N3O2S. The zero-order valence-corrected chi connectivity index (χ0v) is 13.2. The number of nitrogens with one attached hydrogen (secondary N) is 1. The van der Waals surface area contributed by atoms with Crippen molar-refractivity contribution in [1.82, 2.24) is 10.2 Å². The Balaban J connectivity index is 1.68. The second-order valence-electron chi connectivity index (χ2n) is 5.07. The second-order valence-corrected chi connectivity index (χ2v) is 6.49. The summed E-state index contributed by atoms with van der Waals surface area (Å²) in [5.41, 5.74) is 6.39. The third-order valence-electron chi connectivity index (χ3n) is 3.39. The van der Waals surface area contributed by atoms with Crippen LogP contribution in [0, 0.1) is 0 Å². The zero-order chi connectivity index (χ0) is 15.1. The first kappa shape index (κ1) is 16.1. The van der Waals surface area contributed by atoms with Gasteiger partial charge in [-0.3, -0.25) is 9.69 Å². The highest BCUT2D eigenvalue weighted by molar-refractivity contribution is 8.00. The third-order valence-corrected chi connectivity index (χ3v) is 4.51. The SMILES string of the molecule is CC(Sc1ccc(N)cc1)C(=O)NCCN1CCOCC1. The number of amides is 1. The van der Waals surface area contributed by atoms with Crippen molar-refractivity contribution < 1.29 is 9.53 Å². The van der Waals surface area contributed by atoms with Crippen molar-refractivity contribution in [3.63, 3.8) is 0 Å². The first-order chi connectivity index (χ1) is 10.1. The molecule has 5 nitrogen and oxygen atoms in total. The Bertz CT molecular complexity index is 447. The number of nitrogens with zero attached hydrogens (tertiary/aromatic N) is 1. The lowest BCUT2D eigenvalue weighted by Gasteiger charge is -2.26. The van der Waals surface area contributed by atoms with E-state index in [1.54, 1.807) is 11.8 Å². The number of hydrogen-bond donors (Lipinski definition) is 2. The molecule has 0 saturated carbocycles. The Hall–Kier alpha value is -1.24. The van der Waals surface area contributed by atoms with Gasteiger partial charge >= 0.3 is 0 Å². The summed E-state index contributed by atoms with van der Waals surface area (Å²) >= 11 is 1.55. The highest BCUT2D eigenvalue weighted by Gasteiger charge is 2.15. The van der Waals surface area contributed by atoms with Crippen LogP contribution in [0.1, 0.15) is 6.92 Å². The van der Waals surface area contributed by atoms with E-state index in [2.05, 4.69) is 10.2 Å². The molecule has 1 aromatic carbocycles. The fraction of sp³-hybridized carbons (Fsp3) is 0.533. The minimum Gasteiger partial charge on any atom is -0.399 e. The van der Waals surface area contributed by atoms with Crippen molar-refractivity contribution in [3.8, 4) is 0 Å². The van der Waals surface area contributed by atoms with Gasteiger partial charge in [-0.05, 0) is 31.2 Å². The Morgan fingerprint density at radius 1 is 1.38 bits per heavy atom. The Kier molecular flexibility index (Phi) is 6.35. The van der Waals surface area contributed by atoms with Crippen LogP contribution in [-0.2, 0) is 9.53 Å². The highest BCUT2D eigenvalue weighted by Crippen LogP contribution is 2.23. The summed E-state index contributed by atoms with van der Waals surface area (Å²) in [5.74, 6) is 0.0742. The average Bonchev–Trinajstić information content (AvgIpc) is 2.50. The van der Waals surface area contributed by atoms with Gasteiger partial charge in [0.25, 0.3) is 0 Å². The van der Waals surface area contributed by atoms with Crippen molar-refractivity contribution >= 4 is 23.4 Å². The van der Waals surface area contributed by atoms with Gasteiger partial charge in [0.1, 0.15) is 0 Å². The van der Waals surface area contributed by atoms with Gasteiger partial charge in [-0.15, -0.1) is 11.8 Å². The van der Waals surface area contributed by atoms with Crippen LogP contribution >= 0.6 is 11.8 Å². The molecule has 1 aromatic rings. The van der Waals surface area contributed by atoms with E-state index in [-0.39, 0.29) is 11.2 Å². The van der Waals surface area contributed by atoms with Gasteiger partial charge in [-0.2, -0.15) is 0 Å². The summed E-state index contributed by atoms with van der Waals surface area (Å²) in [6, 6.07) is 7.59. The highest BCUT2D eigenvalue weighted by atomic mass is 32.2. The van der Waals surface area contributed by atoms with Crippen LogP contribution in [0.2, 0.25) is 0 Å². The van der Waals surface area contributed by atoms with Crippen molar-refractivity contribution in [2.75, 3.05) is 45.1 Å². The smallest absolute Gasteiger partial charge is 0.233 e.